The smallest absolute Gasteiger partial charge is 0.144 e. The number of rotatable bonds is 7. The van der Waals surface area contributed by atoms with E-state index in [2.05, 4.69) is 23.1 Å². The van der Waals surface area contributed by atoms with Gasteiger partial charge in [0.05, 0.1) is 11.6 Å². The van der Waals surface area contributed by atoms with Gasteiger partial charge in [-0.2, -0.15) is 0 Å². The van der Waals surface area contributed by atoms with Crippen LogP contribution in [0.25, 0.3) is 16.5 Å². The molecule has 4 heteroatoms. The molecule has 0 amide bonds. The zero-order valence-corrected chi connectivity index (χ0v) is 18.8. The quantitative estimate of drug-likeness (QED) is 0.395. The SMILES string of the molecule is Fc1ccc(C2=CCN(CCC(CC3CCCCC3)c3ccccn3)CC2)c2occc12. The number of furan rings is 1. The van der Waals surface area contributed by atoms with Gasteiger partial charge in [-0.05, 0) is 67.6 Å². The Morgan fingerprint density at radius 2 is 2.00 bits per heavy atom. The van der Waals surface area contributed by atoms with Crippen LogP contribution in [0.4, 0.5) is 4.39 Å². The molecule has 0 radical (unpaired) electrons. The van der Waals surface area contributed by atoms with Crippen LogP contribution in [-0.4, -0.2) is 29.5 Å². The van der Waals surface area contributed by atoms with E-state index >= 15 is 0 Å². The number of aromatic nitrogens is 1. The predicted octanol–water partition coefficient (Wildman–Crippen LogP) is 7.20. The van der Waals surface area contributed by atoms with E-state index in [4.69, 9.17) is 9.40 Å². The van der Waals surface area contributed by atoms with Crippen LogP contribution in [0.1, 0.15) is 68.5 Å². The number of pyridine rings is 1. The van der Waals surface area contributed by atoms with Gasteiger partial charge in [0.15, 0.2) is 0 Å². The highest BCUT2D eigenvalue weighted by Gasteiger charge is 2.23. The van der Waals surface area contributed by atoms with Crippen LogP contribution in [-0.2, 0) is 0 Å². The highest BCUT2D eigenvalue weighted by atomic mass is 19.1. The largest absolute Gasteiger partial charge is 0.464 e. The molecule has 32 heavy (non-hydrogen) atoms. The summed E-state index contributed by atoms with van der Waals surface area (Å²) in [6, 6.07) is 11.5. The van der Waals surface area contributed by atoms with Crippen LogP contribution >= 0.6 is 0 Å². The van der Waals surface area contributed by atoms with Crippen molar-refractivity contribution in [3.63, 3.8) is 0 Å². The van der Waals surface area contributed by atoms with Gasteiger partial charge in [-0.15, -0.1) is 0 Å². The summed E-state index contributed by atoms with van der Waals surface area (Å²) >= 11 is 0. The molecule has 1 fully saturated rings. The molecule has 1 unspecified atom stereocenters. The maximum atomic E-state index is 14.0. The second-order valence-electron chi connectivity index (χ2n) is 9.52. The highest BCUT2D eigenvalue weighted by molar-refractivity contribution is 5.90. The molecule has 0 bridgehead atoms. The van der Waals surface area contributed by atoms with Crippen LogP contribution in [0.3, 0.4) is 0 Å². The number of halogens is 1. The average molecular weight is 433 g/mol. The third kappa shape index (κ3) is 4.80. The summed E-state index contributed by atoms with van der Waals surface area (Å²) in [5, 5.41) is 0.576. The van der Waals surface area contributed by atoms with Crippen molar-refractivity contribution in [1.29, 1.82) is 0 Å². The zero-order chi connectivity index (χ0) is 21.8. The first-order chi connectivity index (χ1) is 15.8. The van der Waals surface area contributed by atoms with Gasteiger partial charge in [-0.1, -0.05) is 44.2 Å². The monoisotopic (exact) mass is 432 g/mol. The van der Waals surface area contributed by atoms with E-state index in [1.54, 1.807) is 18.4 Å². The van der Waals surface area contributed by atoms with Gasteiger partial charge in [0.1, 0.15) is 11.4 Å². The Balaban J connectivity index is 1.23. The molecule has 2 aromatic heterocycles. The van der Waals surface area contributed by atoms with Crippen molar-refractivity contribution < 1.29 is 8.81 Å². The van der Waals surface area contributed by atoms with Crippen LogP contribution in [0, 0.1) is 11.7 Å². The maximum Gasteiger partial charge on any atom is 0.144 e. The fourth-order valence-electron chi connectivity index (χ4n) is 5.61. The molecule has 2 aliphatic rings. The lowest BCUT2D eigenvalue weighted by atomic mass is 9.80. The van der Waals surface area contributed by atoms with Crippen molar-refractivity contribution in [2.45, 2.75) is 57.3 Å². The third-order valence-corrected chi connectivity index (χ3v) is 7.45. The van der Waals surface area contributed by atoms with Gasteiger partial charge in [-0.3, -0.25) is 9.88 Å². The lowest BCUT2D eigenvalue weighted by molar-refractivity contribution is 0.263. The molecule has 1 saturated carbocycles. The fourth-order valence-corrected chi connectivity index (χ4v) is 5.61. The maximum absolute atomic E-state index is 14.0. The van der Waals surface area contributed by atoms with Crippen LogP contribution in [0.15, 0.2) is 59.4 Å². The van der Waals surface area contributed by atoms with Gasteiger partial charge in [0.2, 0.25) is 0 Å². The zero-order valence-electron chi connectivity index (χ0n) is 18.8. The number of nitrogens with zero attached hydrogens (tertiary/aromatic N) is 2. The molecule has 1 aliphatic carbocycles. The summed E-state index contributed by atoms with van der Waals surface area (Å²) in [4.78, 5) is 7.26. The molecular formula is C28H33FN2O. The minimum Gasteiger partial charge on any atom is -0.464 e. The molecule has 0 saturated heterocycles. The molecule has 3 nitrogen and oxygen atoms in total. The third-order valence-electron chi connectivity index (χ3n) is 7.45. The molecule has 3 aromatic rings. The Morgan fingerprint density at radius 1 is 1.09 bits per heavy atom. The van der Waals surface area contributed by atoms with Crippen molar-refractivity contribution in [3.8, 4) is 0 Å². The van der Waals surface area contributed by atoms with Crippen molar-refractivity contribution in [1.82, 2.24) is 9.88 Å². The lowest BCUT2D eigenvalue weighted by Gasteiger charge is -2.30. The number of benzene rings is 1. The van der Waals surface area contributed by atoms with E-state index in [1.807, 2.05) is 18.3 Å². The molecule has 1 atom stereocenters. The standard InChI is InChI=1S/C28H33FN2O/c29-26-10-9-24(28-25(26)14-19-32-28)22-11-16-31(17-12-22)18-13-23(27-8-4-5-15-30-27)20-21-6-2-1-3-7-21/h4-5,8-11,14-15,19,21,23H,1-3,6-7,12-13,16-18,20H2. The minimum absolute atomic E-state index is 0.214. The van der Waals surface area contributed by atoms with Gasteiger partial charge < -0.3 is 4.42 Å². The van der Waals surface area contributed by atoms with E-state index < -0.39 is 0 Å². The summed E-state index contributed by atoms with van der Waals surface area (Å²) < 4.78 is 19.6. The van der Waals surface area contributed by atoms with Crippen LogP contribution in [0.2, 0.25) is 0 Å². The normalized spacial score (nSPS) is 19.2. The molecule has 0 spiro atoms. The highest BCUT2D eigenvalue weighted by Crippen LogP contribution is 2.35. The van der Waals surface area contributed by atoms with E-state index in [0.29, 0.717) is 16.9 Å². The first-order valence-corrected chi connectivity index (χ1v) is 12.3. The van der Waals surface area contributed by atoms with Crippen LogP contribution in [0.5, 0.6) is 0 Å². The number of fused-ring (bicyclic) bond motifs is 1. The summed E-state index contributed by atoms with van der Waals surface area (Å²) in [5.41, 5.74) is 4.24. The van der Waals surface area contributed by atoms with Gasteiger partial charge >= 0.3 is 0 Å². The Kier molecular flexibility index (Phi) is 6.68. The molecule has 168 valence electrons. The van der Waals surface area contributed by atoms with Crippen molar-refractivity contribution >= 4 is 16.5 Å². The Labute approximate surface area is 190 Å². The van der Waals surface area contributed by atoms with Gasteiger partial charge in [0, 0.05) is 36.5 Å². The lowest BCUT2D eigenvalue weighted by Crippen LogP contribution is -2.30. The van der Waals surface area contributed by atoms with Crippen LogP contribution < -0.4 is 0 Å². The average Bonchev–Trinajstić information content (AvgIpc) is 3.35. The molecule has 0 N–H and O–H groups in total. The number of hydrogen-bond donors (Lipinski definition) is 0. The Hall–Kier alpha value is -2.46. The topological polar surface area (TPSA) is 29.3 Å². The first kappa shape index (κ1) is 21.4. The molecule has 3 heterocycles. The Morgan fingerprint density at radius 3 is 2.78 bits per heavy atom. The summed E-state index contributed by atoms with van der Waals surface area (Å²) in [6.45, 7) is 3.06. The van der Waals surface area contributed by atoms with Crippen molar-refractivity contribution in [2.75, 3.05) is 19.6 Å². The molecule has 5 rings (SSSR count). The Bertz CT molecular complexity index is 1050. The molecule has 1 aliphatic heterocycles. The van der Waals surface area contributed by atoms with E-state index in [-0.39, 0.29) is 5.82 Å². The second-order valence-corrected chi connectivity index (χ2v) is 9.52. The van der Waals surface area contributed by atoms with Gasteiger partial charge in [0.25, 0.3) is 0 Å². The fraction of sp³-hybridized carbons (Fsp3) is 0.464. The summed E-state index contributed by atoms with van der Waals surface area (Å²) in [5.74, 6) is 1.19. The summed E-state index contributed by atoms with van der Waals surface area (Å²) in [7, 11) is 0. The number of hydrogen-bond acceptors (Lipinski definition) is 3. The van der Waals surface area contributed by atoms with E-state index in [1.165, 1.54) is 49.8 Å². The predicted molar refractivity (Wildman–Crippen MR) is 128 cm³/mol. The first-order valence-electron chi connectivity index (χ1n) is 12.3. The molecular weight excluding hydrogens is 399 g/mol. The van der Waals surface area contributed by atoms with Gasteiger partial charge in [-0.25, -0.2) is 4.39 Å². The van der Waals surface area contributed by atoms with E-state index in [9.17, 15) is 4.39 Å². The van der Waals surface area contributed by atoms with Crippen molar-refractivity contribution in [2.24, 2.45) is 5.92 Å². The van der Waals surface area contributed by atoms with E-state index in [0.717, 1.165) is 44.0 Å². The van der Waals surface area contributed by atoms with Crippen molar-refractivity contribution in [3.05, 3.63) is 72.0 Å². The molecule has 1 aromatic carbocycles. The second kappa shape index (κ2) is 9.99. The summed E-state index contributed by atoms with van der Waals surface area (Å²) in [6.07, 6.45) is 16.2. The minimum atomic E-state index is -0.214.